The van der Waals surface area contributed by atoms with Crippen molar-refractivity contribution in [2.75, 3.05) is 35.7 Å². The summed E-state index contributed by atoms with van der Waals surface area (Å²) in [4.78, 5) is 25.0. The fourth-order valence-corrected chi connectivity index (χ4v) is 5.52. The molecule has 1 saturated carbocycles. The Hall–Kier alpha value is -2.94. The van der Waals surface area contributed by atoms with Crippen molar-refractivity contribution < 1.29 is 9.18 Å². The van der Waals surface area contributed by atoms with Crippen LogP contribution in [0.15, 0.2) is 24.4 Å². The molecule has 4 N–H and O–H groups in total. The fourth-order valence-electron chi connectivity index (χ4n) is 5.52. The van der Waals surface area contributed by atoms with Crippen molar-refractivity contribution in [2.24, 2.45) is 11.7 Å². The zero-order chi connectivity index (χ0) is 22.4. The number of carbonyl (C=O) groups is 1. The maximum Gasteiger partial charge on any atom is 0.229 e. The maximum absolute atomic E-state index is 14.3. The Morgan fingerprint density at radius 2 is 2.09 bits per heavy atom. The van der Waals surface area contributed by atoms with Crippen LogP contribution in [0, 0.1) is 18.7 Å². The van der Waals surface area contributed by atoms with Gasteiger partial charge in [-0.25, -0.2) is 9.37 Å². The third-order valence-corrected chi connectivity index (χ3v) is 7.22. The molecule has 9 heteroatoms. The summed E-state index contributed by atoms with van der Waals surface area (Å²) in [5.74, 6) is -0.827. The molecule has 1 aromatic heterocycles. The number of likely N-dealkylation sites (tertiary alicyclic amines) is 1. The van der Waals surface area contributed by atoms with Crippen molar-refractivity contribution >= 4 is 29.0 Å². The van der Waals surface area contributed by atoms with Crippen LogP contribution >= 0.6 is 0 Å². The molecular formula is C23H30FN7O. The Labute approximate surface area is 187 Å². The Balaban J connectivity index is 1.30. The minimum atomic E-state index is -0.550. The van der Waals surface area contributed by atoms with Crippen molar-refractivity contribution in [3.05, 3.63) is 35.8 Å². The summed E-state index contributed by atoms with van der Waals surface area (Å²) in [5, 5.41) is 6.25. The van der Waals surface area contributed by atoms with Gasteiger partial charge in [0.05, 0.1) is 12.1 Å². The summed E-state index contributed by atoms with van der Waals surface area (Å²) in [7, 11) is 2.20. The first kappa shape index (κ1) is 20.9. The van der Waals surface area contributed by atoms with Crippen molar-refractivity contribution in [3.63, 3.8) is 0 Å². The summed E-state index contributed by atoms with van der Waals surface area (Å²) in [6, 6.07) is 7.24. The van der Waals surface area contributed by atoms with E-state index >= 15 is 0 Å². The highest BCUT2D eigenvalue weighted by molar-refractivity contribution is 5.78. The van der Waals surface area contributed by atoms with Crippen LogP contribution in [0.1, 0.15) is 31.2 Å². The van der Waals surface area contributed by atoms with E-state index in [4.69, 9.17) is 5.73 Å². The van der Waals surface area contributed by atoms with Crippen LogP contribution in [0.2, 0.25) is 0 Å². The van der Waals surface area contributed by atoms with E-state index in [1.807, 2.05) is 6.07 Å². The molecule has 1 aromatic carbocycles. The molecule has 1 amide bonds. The molecule has 0 unspecified atom stereocenters. The number of nitrogens with two attached hydrogens (primary N) is 1. The number of halogens is 1. The summed E-state index contributed by atoms with van der Waals surface area (Å²) in [5.41, 5.74) is 8.78. The van der Waals surface area contributed by atoms with E-state index in [-0.39, 0.29) is 23.7 Å². The number of fused-ring (bicyclic) bond motifs is 2. The molecule has 32 heavy (non-hydrogen) atoms. The molecule has 2 bridgehead atoms. The van der Waals surface area contributed by atoms with Crippen molar-refractivity contribution in [1.82, 2.24) is 14.9 Å². The van der Waals surface area contributed by atoms with Gasteiger partial charge < -0.3 is 21.3 Å². The van der Waals surface area contributed by atoms with Gasteiger partial charge in [0.15, 0.2) is 11.6 Å². The van der Waals surface area contributed by atoms with E-state index in [0.717, 1.165) is 37.8 Å². The number of aromatic nitrogens is 2. The molecule has 8 nitrogen and oxygen atoms in total. The van der Waals surface area contributed by atoms with Crippen LogP contribution in [0.25, 0.3) is 0 Å². The second-order valence-electron chi connectivity index (χ2n) is 9.34. The molecule has 1 aliphatic carbocycles. The number of nitrogens with one attached hydrogen (secondary N) is 2. The predicted octanol–water partition coefficient (Wildman–Crippen LogP) is 2.63. The lowest BCUT2D eigenvalue weighted by atomic mass is 10.0. The van der Waals surface area contributed by atoms with Gasteiger partial charge in [-0.2, -0.15) is 4.98 Å². The molecule has 0 spiro atoms. The summed E-state index contributed by atoms with van der Waals surface area (Å²) < 4.78 is 14.3. The molecule has 2 aromatic rings. The van der Waals surface area contributed by atoms with Gasteiger partial charge in [0.1, 0.15) is 0 Å². The number of aryl methyl sites for hydroxylation is 1. The number of nitrogens with zero attached hydrogens (tertiary/aromatic N) is 4. The van der Waals surface area contributed by atoms with Gasteiger partial charge in [-0.05, 0) is 57.0 Å². The van der Waals surface area contributed by atoms with Crippen molar-refractivity contribution in [1.29, 1.82) is 0 Å². The summed E-state index contributed by atoms with van der Waals surface area (Å²) in [6.07, 6.45) is 4.72. The number of piperazine rings is 1. The third kappa shape index (κ3) is 3.85. The first-order chi connectivity index (χ1) is 15.4. The van der Waals surface area contributed by atoms with Crippen LogP contribution in [-0.2, 0) is 4.79 Å². The normalized spacial score (nSPS) is 27.2. The second-order valence-corrected chi connectivity index (χ2v) is 9.34. The minimum absolute atomic E-state index is 0.0891. The SMILES string of the molecule is Cc1cc(Nc2ncc(F)c(N[C@@H]3CCC[C@@H]3C(N)=O)n2)ccc1N1C[C@@H]2C[C@H]1CN2C. The van der Waals surface area contributed by atoms with Crippen LogP contribution in [0.5, 0.6) is 0 Å². The minimum Gasteiger partial charge on any atom is -0.369 e. The lowest BCUT2D eigenvalue weighted by Gasteiger charge is -2.34. The molecule has 4 atom stereocenters. The Morgan fingerprint density at radius 1 is 1.25 bits per heavy atom. The average Bonchev–Trinajstić information content (AvgIpc) is 3.46. The quantitative estimate of drug-likeness (QED) is 0.636. The molecule has 3 heterocycles. The van der Waals surface area contributed by atoms with E-state index in [0.29, 0.717) is 24.5 Å². The van der Waals surface area contributed by atoms with Crippen LogP contribution in [0.3, 0.4) is 0 Å². The maximum atomic E-state index is 14.3. The molecular weight excluding hydrogens is 409 g/mol. The average molecular weight is 440 g/mol. The molecule has 2 aliphatic heterocycles. The monoisotopic (exact) mass is 439 g/mol. The summed E-state index contributed by atoms with van der Waals surface area (Å²) in [6.45, 7) is 4.29. The van der Waals surface area contributed by atoms with E-state index in [1.165, 1.54) is 17.7 Å². The first-order valence-corrected chi connectivity index (χ1v) is 11.3. The number of primary amides is 1. The van der Waals surface area contributed by atoms with Gasteiger partial charge >= 0.3 is 0 Å². The lowest BCUT2D eigenvalue weighted by molar-refractivity contribution is -0.121. The van der Waals surface area contributed by atoms with Gasteiger partial charge in [0, 0.05) is 42.6 Å². The van der Waals surface area contributed by atoms with E-state index in [9.17, 15) is 9.18 Å². The number of hydrogen-bond donors (Lipinski definition) is 3. The van der Waals surface area contributed by atoms with E-state index in [2.05, 4.69) is 56.5 Å². The van der Waals surface area contributed by atoms with Crippen LogP contribution < -0.4 is 21.3 Å². The number of anilines is 4. The number of likely N-dealkylation sites (N-methyl/N-ethyl adjacent to an activating group) is 1. The Bertz CT molecular complexity index is 1030. The zero-order valence-corrected chi connectivity index (χ0v) is 18.5. The molecule has 5 rings (SSSR count). The lowest BCUT2D eigenvalue weighted by Crippen LogP contribution is -2.44. The number of rotatable bonds is 6. The van der Waals surface area contributed by atoms with Crippen LogP contribution in [0.4, 0.5) is 27.5 Å². The standard InChI is InChI=1S/C23H30FN7O/c1-13-8-14(6-7-20(13)31-12-15-9-16(31)11-30(15)2)27-23-26-10-18(24)22(29-23)28-19-5-3-4-17(19)21(25)32/h6-8,10,15-17,19H,3-5,9,11-12H2,1-2H3,(H2,25,32)(H2,26,27,28,29)/t15-,16-,17-,19+/m0/s1. The number of amides is 1. The zero-order valence-electron chi connectivity index (χ0n) is 18.5. The van der Waals surface area contributed by atoms with Crippen LogP contribution in [-0.4, -0.2) is 59.0 Å². The van der Waals surface area contributed by atoms with Gasteiger partial charge in [0.25, 0.3) is 0 Å². The highest BCUT2D eigenvalue weighted by Crippen LogP contribution is 2.36. The first-order valence-electron chi connectivity index (χ1n) is 11.3. The fraction of sp³-hybridized carbons (Fsp3) is 0.522. The second kappa shape index (κ2) is 8.20. The van der Waals surface area contributed by atoms with E-state index in [1.54, 1.807) is 0 Å². The molecule has 2 saturated heterocycles. The third-order valence-electron chi connectivity index (χ3n) is 7.22. The van der Waals surface area contributed by atoms with Gasteiger partial charge in [-0.1, -0.05) is 6.42 Å². The van der Waals surface area contributed by atoms with Crippen molar-refractivity contribution in [2.45, 2.75) is 50.7 Å². The molecule has 3 fully saturated rings. The predicted molar refractivity (Wildman–Crippen MR) is 123 cm³/mol. The number of benzene rings is 1. The topological polar surface area (TPSA) is 99.4 Å². The highest BCUT2D eigenvalue weighted by Gasteiger charge is 2.41. The Morgan fingerprint density at radius 3 is 2.78 bits per heavy atom. The van der Waals surface area contributed by atoms with Gasteiger partial charge in [0.2, 0.25) is 11.9 Å². The largest absolute Gasteiger partial charge is 0.369 e. The number of carbonyl (C=O) groups excluding carboxylic acids is 1. The molecule has 170 valence electrons. The smallest absolute Gasteiger partial charge is 0.229 e. The highest BCUT2D eigenvalue weighted by atomic mass is 19.1. The van der Waals surface area contributed by atoms with Gasteiger partial charge in [-0.15, -0.1) is 0 Å². The number of hydrogen-bond acceptors (Lipinski definition) is 7. The molecule has 0 radical (unpaired) electrons. The van der Waals surface area contributed by atoms with E-state index < -0.39 is 5.82 Å². The Kier molecular flexibility index (Phi) is 5.36. The van der Waals surface area contributed by atoms with Crippen molar-refractivity contribution in [3.8, 4) is 0 Å². The van der Waals surface area contributed by atoms with Gasteiger partial charge in [-0.3, -0.25) is 9.69 Å². The molecule has 3 aliphatic rings. The summed E-state index contributed by atoms with van der Waals surface area (Å²) >= 11 is 0.